The topological polar surface area (TPSA) is 29.3 Å². The lowest BCUT2D eigenvalue weighted by Crippen LogP contribution is -2.39. The predicted octanol–water partition coefficient (Wildman–Crippen LogP) is 2.73. The molecule has 0 saturated carbocycles. The van der Waals surface area contributed by atoms with Crippen molar-refractivity contribution in [2.24, 2.45) is 11.7 Å². The molecule has 1 heterocycles. The second-order valence-electron chi connectivity index (χ2n) is 5.47. The van der Waals surface area contributed by atoms with Crippen molar-refractivity contribution in [3.05, 3.63) is 35.4 Å². The van der Waals surface area contributed by atoms with Crippen LogP contribution < -0.4 is 5.73 Å². The van der Waals surface area contributed by atoms with E-state index in [0.717, 1.165) is 12.5 Å². The van der Waals surface area contributed by atoms with Crippen molar-refractivity contribution < 1.29 is 0 Å². The van der Waals surface area contributed by atoms with Gasteiger partial charge in [-0.2, -0.15) is 0 Å². The molecule has 2 rings (SSSR count). The maximum absolute atomic E-state index is 6.33. The minimum atomic E-state index is 0.154. The van der Waals surface area contributed by atoms with Crippen LogP contribution in [0.3, 0.4) is 0 Å². The number of hydrogen-bond acceptors (Lipinski definition) is 2. The lowest BCUT2D eigenvalue weighted by Gasteiger charge is -2.33. The van der Waals surface area contributed by atoms with Gasteiger partial charge in [-0.05, 0) is 43.4 Å². The molecule has 1 fully saturated rings. The van der Waals surface area contributed by atoms with Crippen molar-refractivity contribution in [3.8, 4) is 0 Å². The largest absolute Gasteiger partial charge is 0.323 e. The molecule has 1 aromatic rings. The Bertz CT molecular complexity index is 362. The number of rotatable bonds is 3. The molecule has 2 unspecified atom stereocenters. The van der Waals surface area contributed by atoms with Gasteiger partial charge < -0.3 is 10.6 Å². The van der Waals surface area contributed by atoms with Gasteiger partial charge in [0.05, 0.1) is 0 Å². The van der Waals surface area contributed by atoms with Crippen molar-refractivity contribution in [1.29, 1.82) is 0 Å². The standard InChI is InChI=1S/C15H24N2/c1-12-6-5-9-17(10-12)11-15(16)14-8-4-3-7-13(14)2/h3-4,7-8,12,15H,5-6,9-11,16H2,1-2H3. The van der Waals surface area contributed by atoms with E-state index in [9.17, 15) is 0 Å². The van der Waals surface area contributed by atoms with Gasteiger partial charge >= 0.3 is 0 Å². The summed E-state index contributed by atoms with van der Waals surface area (Å²) in [6.45, 7) is 7.90. The fourth-order valence-electron chi connectivity index (χ4n) is 2.83. The summed E-state index contributed by atoms with van der Waals surface area (Å²) in [6, 6.07) is 8.62. The smallest absolute Gasteiger partial charge is 0.0426 e. The molecule has 0 radical (unpaired) electrons. The maximum atomic E-state index is 6.33. The molecule has 1 aromatic carbocycles. The summed E-state index contributed by atoms with van der Waals surface area (Å²) < 4.78 is 0. The highest BCUT2D eigenvalue weighted by atomic mass is 15.1. The van der Waals surface area contributed by atoms with Crippen LogP contribution in [0.25, 0.3) is 0 Å². The van der Waals surface area contributed by atoms with Gasteiger partial charge in [0.2, 0.25) is 0 Å². The first-order valence-corrected chi connectivity index (χ1v) is 6.70. The van der Waals surface area contributed by atoms with Crippen LogP contribution in [-0.4, -0.2) is 24.5 Å². The fraction of sp³-hybridized carbons (Fsp3) is 0.600. The average Bonchev–Trinajstić information content (AvgIpc) is 2.29. The summed E-state index contributed by atoms with van der Waals surface area (Å²) >= 11 is 0. The Morgan fingerprint density at radius 3 is 2.88 bits per heavy atom. The monoisotopic (exact) mass is 232 g/mol. The van der Waals surface area contributed by atoms with E-state index in [-0.39, 0.29) is 6.04 Å². The van der Waals surface area contributed by atoms with Gasteiger partial charge in [0.25, 0.3) is 0 Å². The number of piperidine rings is 1. The normalized spacial score (nSPS) is 23.6. The molecular weight excluding hydrogens is 208 g/mol. The molecule has 0 aliphatic carbocycles. The minimum Gasteiger partial charge on any atom is -0.323 e. The van der Waals surface area contributed by atoms with E-state index in [4.69, 9.17) is 5.73 Å². The van der Waals surface area contributed by atoms with Crippen LogP contribution in [0.5, 0.6) is 0 Å². The van der Waals surface area contributed by atoms with Crippen LogP contribution in [0.1, 0.15) is 36.9 Å². The Morgan fingerprint density at radius 1 is 1.41 bits per heavy atom. The highest BCUT2D eigenvalue weighted by Crippen LogP contribution is 2.20. The highest BCUT2D eigenvalue weighted by Gasteiger charge is 2.19. The summed E-state index contributed by atoms with van der Waals surface area (Å²) in [5.41, 5.74) is 8.94. The molecule has 1 saturated heterocycles. The van der Waals surface area contributed by atoms with Gasteiger partial charge in [-0.1, -0.05) is 31.2 Å². The molecule has 1 aliphatic rings. The average molecular weight is 232 g/mol. The summed E-state index contributed by atoms with van der Waals surface area (Å²) in [4.78, 5) is 2.52. The van der Waals surface area contributed by atoms with E-state index >= 15 is 0 Å². The molecule has 17 heavy (non-hydrogen) atoms. The third-order valence-electron chi connectivity index (χ3n) is 3.78. The van der Waals surface area contributed by atoms with Gasteiger partial charge in [0.1, 0.15) is 0 Å². The van der Waals surface area contributed by atoms with Gasteiger partial charge in [0.15, 0.2) is 0 Å². The second-order valence-corrected chi connectivity index (χ2v) is 5.47. The second kappa shape index (κ2) is 5.65. The lowest BCUT2D eigenvalue weighted by molar-refractivity contribution is 0.174. The van der Waals surface area contributed by atoms with Crippen LogP contribution >= 0.6 is 0 Å². The first-order chi connectivity index (χ1) is 8.16. The summed E-state index contributed by atoms with van der Waals surface area (Å²) in [7, 11) is 0. The van der Waals surface area contributed by atoms with Crippen molar-refractivity contribution in [2.45, 2.75) is 32.7 Å². The SMILES string of the molecule is Cc1ccccc1C(N)CN1CCCC(C)C1. The highest BCUT2D eigenvalue weighted by molar-refractivity contribution is 5.28. The first kappa shape index (κ1) is 12.6. The van der Waals surface area contributed by atoms with E-state index in [1.807, 2.05) is 0 Å². The van der Waals surface area contributed by atoms with E-state index in [1.165, 1.54) is 37.1 Å². The molecular formula is C15H24N2. The third-order valence-corrected chi connectivity index (χ3v) is 3.78. The molecule has 2 N–H and O–H groups in total. The number of benzene rings is 1. The molecule has 0 bridgehead atoms. The minimum absolute atomic E-state index is 0.154. The number of likely N-dealkylation sites (tertiary alicyclic amines) is 1. The van der Waals surface area contributed by atoms with Crippen LogP contribution in [-0.2, 0) is 0 Å². The number of hydrogen-bond donors (Lipinski definition) is 1. The lowest BCUT2D eigenvalue weighted by atomic mass is 9.97. The van der Waals surface area contributed by atoms with Gasteiger partial charge in [-0.25, -0.2) is 0 Å². The Labute approximate surface area is 105 Å². The number of nitrogens with two attached hydrogens (primary N) is 1. The molecule has 2 heteroatoms. The fourth-order valence-corrected chi connectivity index (χ4v) is 2.83. The zero-order valence-electron chi connectivity index (χ0n) is 11.0. The van der Waals surface area contributed by atoms with Crippen LogP contribution in [0.2, 0.25) is 0 Å². The van der Waals surface area contributed by atoms with Crippen molar-refractivity contribution in [2.75, 3.05) is 19.6 Å². The molecule has 0 spiro atoms. The molecule has 94 valence electrons. The zero-order valence-corrected chi connectivity index (χ0v) is 11.0. The number of aryl methyl sites for hydroxylation is 1. The predicted molar refractivity (Wildman–Crippen MR) is 72.9 cm³/mol. The molecule has 0 amide bonds. The van der Waals surface area contributed by atoms with E-state index in [2.05, 4.69) is 43.0 Å². The summed E-state index contributed by atoms with van der Waals surface area (Å²) in [6.07, 6.45) is 2.69. The Morgan fingerprint density at radius 2 is 2.18 bits per heavy atom. The maximum Gasteiger partial charge on any atom is 0.0426 e. The Hall–Kier alpha value is -0.860. The van der Waals surface area contributed by atoms with E-state index in [1.54, 1.807) is 0 Å². The van der Waals surface area contributed by atoms with Crippen molar-refractivity contribution >= 4 is 0 Å². The van der Waals surface area contributed by atoms with E-state index < -0.39 is 0 Å². The van der Waals surface area contributed by atoms with E-state index in [0.29, 0.717) is 0 Å². The number of nitrogens with zero attached hydrogens (tertiary/aromatic N) is 1. The third kappa shape index (κ3) is 3.30. The zero-order chi connectivity index (χ0) is 12.3. The molecule has 1 aliphatic heterocycles. The molecule has 0 aromatic heterocycles. The summed E-state index contributed by atoms with van der Waals surface area (Å²) in [5.74, 6) is 0.827. The first-order valence-electron chi connectivity index (χ1n) is 6.70. The van der Waals surface area contributed by atoms with Gasteiger partial charge in [-0.15, -0.1) is 0 Å². The Kier molecular flexibility index (Phi) is 4.19. The van der Waals surface area contributed by atoms with Gasteiger partial charge in [-0.3, -0.25) is 0 Å². The molecule has 2 nitrogen and oxygen atoms in total. The van der Waals surface area contributed by atoms with Crippen LogP contribution in [0, 0.1) is 12.8 Å². The van der Waals surface area contributed by atoms with Crippen molar-refractivity contribution in [3.63, 3.8) is 0 Å². The quantitative estimate of drug-likeness (QED) is 0.868. The Balaban J connectivity index is 1.97. The molecule has 2 atom stereocenters. The van der Waals surface area contributed by atoms with Gasteiger partial charge in [0, 0.05) is 19.1 Å². The van der Waals surface area contributed by atoms with Crippen molar-refractivity contribution in [1.82, 2.24) is 4.90 Å². The van der Waals surface area contributed by atoms with Crippen LogP contribution in [0.4, 0.5) is 0 Å². The van der Waals surface area contributed by atoms with Crippen LogP contribution in [0.15, 0.2) is 24.3 Å². The summed E-state index contributed by atoms with van der Waals surface area (Å²) in [5, 5.41) is 0.